The number of benzene rings is 2. The van der Waals surface area contributed by atoms with Crippen LogP contribution in [-0.4, -0.2) is 18.5 Å². The van der Waals surface area contributed by atoms with Gasteiger partial charge in [-0.1, -0.05) is 40.9 Å². The summed E-state index contributed by atoms with van der Waals surface area (Å²) in [5, 5.41) is 3.45. The van der Waals surface area contributed by atoms with Crippen LogP contribution in [0.1, 0.15) is 15.9 Å². The van der Waals surface area contributed by atoms with Crippen molar-refractivity contribution in [2.24, 2.45) is 0 Å². The first-order chi connectivity index (χ1) is 11.3. The molecule has 0 atom stereocenters. The molecule has 0 aliphatic heterocycles. The second kappa shape index (κ2) is 7.75. The maximum atomic E-state index is 12.0. The fraction of sp³-hybridized carbons (Fsp3) is 0.125. The number of nitrogen functional groups attached to an aromatic ring is 1. The van der Waals surface area contributed by atoms with Gasteiger partial charge in [0.25, 0.3) is 5.91 Å². The lowest BCUT2D eigenvalue weighted by Crippen LogP contribution is -2.21. The number of aryl methyl sites for hydroxylation is 1. The number of halogens is 3. The van der Waals surface area contributed by atoms with Crippen LogP contribution in [0.5, 0.6) is 0 Å². The number of ether oxygens (including phenoxy) is 1. The Morgan fingerprint density at radius 2 is 1.88 bits per heavy atom. The molecule has 8 heteroatoms. The number of anilines is 2. The quantitative estimate of drug-likeness (QED) is 0.604. The molecule has 1 amide bonds. The number of carbonyl (C=O) groups is 2. The van der Waals surface area contributed by atoms with E-state index in [2.05, 4.69) is 5.32 Å². The van der Waals surface area contributed by atoms with Gasteiger partial charge < -0.3 is 15.8 Å². The fourth-order valence-electron chi connectivity index (χ4n) is 1.86. The van der Waals surface area contributed by atoms with Gasteiger partial charge in [0.1, 0.15) is 0 Å². The molecule has 2 aromatic rings. The van der Waals surface area contributed by atoms with E-state index in [9.17, 15) is 9.59 Å². The normalized spacial score (nSPS) is 10.3. The lowest BCUT2D eigenvalue weighted by molar-refractivity contribution is -0.119. The Balaban J connectivity index is 2.03. The lowest BCUT2D eigenvalue weighted by Gasteiger charge is -2.11. The summed E-state index contributed by atoms with van der Waals surface area (Å²) in [7, 11) is 0. The average molecular weight is 388 g/mol. The van der Waals surface area contributed by atoms with Crippen molar-refractivity contribution in [3.05, 3.63) is 56.5 Å². The standard InChI is InChI=1S/C16H13Cl3N2O3/c1-8-2-4-11(18)15(14(8)19)21-13(22)7-24-16(23)10-6-9(17)3-5-12(10)20/h2-6H,7,20H2,1H3,(H,21,22). The van der Waals surface area contributed by atoms with Crippen LogP contribution < -0.4 is 11.1 Å². The summed E-state index contributed by atoms with van der Waals surface area (Å²) < 4.78 is 4.93. The lowest BCUT2D eigenvalue weighted by atomic mass is 10.2. The minimum absolute atomic E-state index is 0.0851. The molecule has 0 heterocycles. The van der Waals surface area contributed by atoms with Crippen molar-refractivity contribution in [1.82, 2.24) is 0 Å². The van der Waals surface area contributed by atoms with Gasteiger partial charge in [-0.15, -0.1) is 0 Å². The average Bonchev–Trinajstić information content (AvgIpc) is 2.55. The van der Waals surface area contributed by atoms with Crippen molar-refractivity contribution in [3.63, 3.8) is 0 Å². The summed E-state index contributed by atoms with van der Waals surface area (Å²) in [5.74, 6) is -1.34. The fourth-order valence-corrected chi connectivity index (χ4v) is 2.50. The van der Waals surface area contributed by atoms with Gasteiger partial charge in [-0.2, -0.15) is 0 Å². The topological polar surface area (TPSA) is 81.4 Å². The van der Waals surface area contributed by atoms with Gasteiger partial charge >= 0.3 is 5.97 Å². The Kier molecular flexibility index (Phi) is 5.94. The van der Waals surface area contributed by atoms with E-state index >= 15 is 0 Å². The van der Waals surface area contributed by atoms with Gasteiger partial charge in [-0.25, -0.2) is 4.79 Å². The van der Waals surface area contributed by atoms with Crippen LogP contribution in [0.2, 0.25) is 15.1 Å². The molecule has 0 unspecified atom stereocenters. The van der Waals surface area contributed by atoms with Crippen molar-refractivity contribution in [3.8, 4) is 0 Å². The van der Waals surface area contributed by atoms with Crippen LogP contribution in [0.25, 0.3) is 0 Å². The molecule has 0 saturated heterocycles. The molecule has 0 saturated carbocycles. The highest BCUT2D eigenvalue weighted by Gasteiger charge is 2.16. The number of amides is 1. The van der Waals surface area contributed by atoms with Crippen molar-refractivity contribution >= 4 is 58.1 Å². The number of hydrogen-bond donors (Lipinski definition) is 2. The predicted molar refractivity (Wildman–Crippen MR) is 96.0 cm³/mol. The smallest absolute Gasteiger partial charge is 0.340 e. The van der Waals surface area contributed by atoms with E-state index in [1.165, 1.54) is 12.1 Å². The van der Waals surface area contributed by atoms with E-state index in [4.69, 9.17) is 45.3 Å². The number of esters is 1. The molecule has 0 fully saturated rings. The number of hydrogen-bond acceptors (Lipinski definition) is 4. The first-order valence-corrected chi connectivity index (χ1v) is 7.89. The van der Waals surface area contributed by atoms with Crippen molar-refractivity contribution in [1.29, 1.82) is 0 Å². The van der Waals surface area contributed by atoms with Gasteiger partial charge in [-0.05, 0) is 36.8 Å². The number of nitrogens with two attached hydrogens (primary N) is 1. The highest BCUT2D eigenvalue weighted by Crippen LogP contribution is 2.32. The molecule has 0 aliphatic rings. The monoisotopic (exact) mass is 386 g/mol. The van der Waals surface area contributed by atoms with Gasteiger partial charge in [0, 0.05) is 10.7 Å². The SMILES string of the molecule is Cc1ccc(Cl)c(NC(=O)COC(=O)c2cc(Cl)ccc2N)c1Cl. The summed E-state index contributed by atoms with van der Waals surface area (Å²) in [6.45, 7) is 1.25. The van der Waals surface area contributed by atoms with E-state index in [0.717, 1.165) is 5.56 Å². The third-order valence-electron chi connectivity index (χ3n) is 3.12. The predicted octanol–water partition coefficient (Wildman–Crippen LogP) is 4.33. The van der Waals surface area contributed by atoms with E-state index in [1.807, 2.05) is 0 Å². The molecule has 0 radical (unpaired) electrons. The summed E-state index contributed by atoms with van der Waals surface area (Å²) >= 11 is 17.9. The van der Waals surface area contributed by atoms with E-state index in [1.54, 1.807) is 25.1 Å². The Labute approximate surface area is 153 Å². The zero-order valence-corrected chi connectivity index (χ0v) is 14.8. The van der Waals surface area contributed by atoms with Gasteiger partial charge in [-0.3, -0.25) is 4.79 Å². The number of rotatable bonds is 4. The maximum absolute atomic E-state index is 12.0. The van der Waals surface area contributed by atoms with Gasteiger partial charge in [0.2, 0.25) is 0 Å². The highest BCUT2D eigenvalue weighted by molar-refractivity contribution is 6.40. The van der Waals surface area contributed by atoms with Crippen LogP contribution in [0.4, 0.5) is 11.4 Å². The van der Waals surface area contributed by atoms with Crippen LogP contribution in [0.15, 0.2) is 30.3 Å². The Morgan fingerprint density at radius 1 is 1.17 bits per heavy atom. The van der Waals surface area contributed by atoms with E-state index < -0.39 is 18.5 Å². The molecule has 0 spiro atoms. The van der Waals surface area contributed by atoms with Gasteiger partial charge in [0.15, 0.2) is 6.61 Å². The van der Waals surface area contributed by atoms with Gasteiger partial charge in [0.05, 0.1) is 21.3 Å². The Hall–Kier alpha value is -1.95. The van der Waals surface area contributed by atoms with Crippen molar-refractivity contribution in [2.75, 3.05) is 17.7 Å². The molecule has 24 heavy (non-hydrogen) atoms. The second-order valence-electron chi connectivity index (χ2n) is 4.91. The number of nitrogens with one attached hydrogen (secondary N) is 1. The van der Waals surface area contributed by atoms with Crippen LogP contribution in [-0.2, 0) is 9.53 Å². The third-order valence-corrected chi connectivity index (χ3v) is 4.16. The minimum atomic E-state index is -0.758. The minimum Gasteiger partial charge on any atom is -0.452 e. The molecular formula is C16H13Cl3N2O3. The zero-order valence-electron chi connectivity index (χ0n) is 12.5. The summed E-state index contributed by atoms with van der Waals surface area (Å²) in [6, 6.07) is 7.72. The van der Waals surface area contributed by atoms with Crippen LogP contribution in [0, 0.1) is 6.92 Å². The molecular weight excluding hydrogens is 375 g/mol. The van der Waals surface area contributed by atoms with Crippen molar-refractivity contribution < 1.29 is 14.3 Å². The van der Waals surface area contributed by atoms with Crippen LogP contribution in [0.3, 0.4) is 0 Å². The first kappa shape index (κ1) is 18.4. The third kappa shape index (κ3) is 4.32. The molecule has 3 N–H and O–H groups in total. The molecule has 2 rings (SSSR count). The Bertz CT molecular complexity index is 809. The zero-order chi connectivity index (χ0) is 17.9. The highest BCUT2D eigenvalue weighted by atomic mass is 35.5. The van der Waals surface area contributed by atoms with Crippen molar-refractivity contribution in [2.45, 2.75) is 6.92 Å². The molecule has 126 valence electrons. The molecule has 0 aliphatic carbocycles. The van der Waals surface area contributed by atoms with E-state index in [0.29, 0.717) is 10.0 Å². The maximum Gasteiger partial charge on any atom is 0.340 e. The largest absolute Gasteiger partial charge is 0.452 e. The van der Waals surface area contributed by atoms with Crippen LogP contribution >= 0.6 is 34.8 Å². The summed E-state index contributed by atoms with van der Waals surface area (Å²) in [5.41, 5.74) is 6.99. The molecule has 5 nitrogen and oxygen atoms in total. The summed E-state index contributed by atoms with van der Waals surface area (Å²) in [4.78, 5) is 23.9. The number of carbonyl (C=O) groups excluding carboxylic acids is 2. The second-order valence-corrected chi connectivity index (χ2v) is 6.13. The molecule has 0 aromatic heterocycles. The summed E-state index contributed by atoms with van der Waals surface area (Å²) in [6.07, 6.45) is 0. The first-order valence-electron chi connectivity index (χ1n) is 6.76. The molecule has 2 aromatic carbocycles. The molecule has 0 bridgehead atoms. The van der Waals surface area contributed by atoms with E-state index in [-0.39, 0.29) is 22.0 Å². The Morgan fingerprint density at radius 3 is 2.58 bits per heavy atom.